The van der Waals surface area contributed by atoms with Crippen molar-refractivity contribution in [3.8, 4) is 0 Å². The number of benzene rings is 2. The van der Waals surface area contributed by atoms with Gasteiger partial charge in [-0.05, 0) is 30.7 Å². The van der Waals surface area contributed by atoms with Crippen molar-refractivity contribution in [3.05, 3.63) is 77.9 Å². The lowest BCUT2D eigenvalue weighted by Crippen LogP contribution is -2.12. The molecule has 0 N–H and O–H groups in total. The van der Waals surface area contributed by atoms with E-state index >= 15 is 0 Å². The molecule has 1 unspecified atom stereocenters. The third-order valence-electron chi connectivity index (χ3n) is 2.66. The van der Waals surface area contributed by atoms with Crippen LogP contribution in [0.1, 0.15) is 22.8 Å². The average molecular weight is 252 g/mol. The second-order valence-corrected chi connectivity index (χ2v) is 4.25. The fourth-order valence-corrected chi connectivity index (χ4v) is 1.66. The summed E-state index contributed by atoms with van der Waals surface area (Å²) in [6.07, 6.45) is 3.56. The van der Waals surface area contributed by atoms with E-state index < -0.39 is 0 Å². The standard InChI is InChI=1S/C17H16O2/c1-14(12-13-15-8-4-2-5-9-15)19-17(18)16-10-6-3-7-11-16/h2-14H,1H3/b13-12+. The van der Waals surface area contributed by atoms with Gasteiger partial charge in [0.1, 0.15) is 6.10 Å². The van der Waals surface area contributed by atoms with E-state index in [2.05, 4.69) is 0 Å². The molecule has 2 aromatic carbocycles. The van der Waals surface area contributed by atoms with Crippen molar-refractivity contribution in [1.29, 1.82) is 0 Å². The Balaban J connectivity index is 1.93. The minimum atomic E-state index is -0.300. The highest BCUT2D eigenvalue weighted by molar-refractivity contribution is 5.89. The maximum atomic E-state index is 11.8. The van der Waals surface area contributed by atoms with Gasteiger partial charge < -0.3 is 4.74 Å². The summed E-state index contributed by atoms with van der Waals surface area (Å²) in [5.41, 5.74) is 1.66. The van der Waals surface area contributed by atoms with Gasteiger partial charge in [-0.1, -0.05) is 54.6 Å². The van der Waals surface area contributed by atoms with E-state index in [-0.39, 0.29) is 12.1 Å². The highest BCUT2D eigenvalue weighted by atomic mass is 16.5. The molecule has 0 aliphatic carbocycles. The number of hydrogen-bond donors (Lipinski definition) is 0. The lowest BCUT2D eigenvalue weighted by Gasteiger charge is -2.09. The molecule has 1 atom stereocenters. The van der Waals surface area contributed by atoms with E-state index in [1.54, 1.807) is 12.1 Å². The number of carbonyl (C=O) groups is 1. The first-order valence-electron chi connectivity index (χ1n) is 6.25. The van der Waals surface area contributed by atoms with Gasteiger partial charge >= 0.3 is 5.97 Å². The van der Waals surface area contributed by atoms with E-state index in [1.807, 2.05) is 67.6 Å². The topological polar surface area (TPSA) is 26.3 Å². The smallest absolute Gasteiger partial charge is 0.338 e. The summed E-state index contributed by atoms with van der Waals surface area (Å²) >= 11 is 0. The molecule has 0 amide bonds. The molecule has 0 aliphatic heterocycles. The second kappa shape index (κ2) is 6.55. The molecule has 0 spiro atoms. The van der Waals surface area contributed by atoms with Crippen molar-refractivity contribution in [3.63, 3.8) is 0 Å². The molecule has 0 fully saturated rings. The van der Waals surface area contributed by atoms with Crippen LogP contribution in [0.3, 0.4) is 0 Å². The van der Waals surface area contributed by atoms with Crippen LogP contribution >= 0.6 is 0 Å². The van der Waals surface area contributed by atoms with Gasteiger partial charge in [0.05, 0.1) is 5.56 Å². The van der Waals surface area contributed by atoms with E-state index in [9.17, 15) is 4.79 Å². The lowest BCUT2D eigenvalue weighted by atomic mass is 10.2. The number of ether oxygens (including phenoxy) is 1. The quantitative estimate of drug-likeness (QED) is 0.770. The van der Waals surface area contributed by atoms with Gasteiger partial charge in [0.15, 0.2) is 0 Å². The Morgan fingerprint density at radius 2 is 1.58 bits per heavy atom. The highest BCUT2D eigenvalue weighted by Crippen LogP contribution is 2.07. The maximum absolute atomic E-state index is 11.8. The van der Waals surface area contributed by atoms with E-state index in [0.29, 0.717) is 5.56 Å². The predicted molar refractivity (Wildman–Crippen MR) is 76.8 cm³/mol. The van der Waals surface area contributed by atoms with Crippen molar-refractivity contribution in [2.75, 3.05) is 0 Å². The summed E-state index contributed by atoms with van der Waals surface area (Å²) in [4.78, 5) is 11.8. The molecule has 0 aliphatic rings. The van der Waals surface area contributed by atoms with Crippen molar-refractivity contribution in [1.82, 2.24) is 0 Å². The number of esters is 1. The van der Waals surface area contributed by atoms with Crippen molar-refractivity contribution >= 4 is 12.0 Å². The molecule has 2 nitrogen and oxygen atoms in total. The van der Waals surface area contributed by atoms with Gasteiger partial charge in [-0.15, -0.1) is 0 Å². The van der Waals surface area contributed by atoms with E-state index in [0.717, 1.165) is 5.56 Å². The van der Waals surface area contributed by atoms with Crippen molar-refractivity contribution < 1.29 is 9.53 Å². The molecule has 0 heterocycles. The minimum absolute atomic E-state index is 0.257. The molecule has 0 bridgehead atoms. The van der Waals surface area contributed by atoms with Gasteiger partial charge in [0.2, 0.25) is 0 Å². The molecular weight excluding hydrogens is 236 g/mol. The molecule has 2 aromatic rings. The Morgan fingerprint density at radius 3 is 2.21 bits per heavy atom. The summed E-state index contributed by atoms with van der Waals surface area (Å²) < 4.78 is 5.33. The normalized spacial score (nSPS) is 12.3. The number of hydrogen-bond acceptors (Lipinski definition) is 2. The summed E-state index contributed by atoms with van der Waals surface area (Å²) in [6, 6.07) is 18.9. The first kappa shape index (κ1) is 13.1. The SMILES string of the molecule is CC(/C=C/c1ccccc1)OC(=O)c1ccccc1. The number of rotatable bonds is 4. The first-order valence-corrected chi connectivity index (χ1v) is 6.25. The Labute approximate surface area is 113 Å². The Morgan fingerprint density at radius 1 is 1.00 bits per heavy atom. The predicted octanol–water partition coefficient (Wildman–Crippen LogP) is 3.95. The zero-order valence-corrected chi connectivity index (χ0v) is 10.8. The Bertz CT molecular complexity index is 544. The van der Waals surface area contributed by atoms with Gasteiger partial charge in [0, 0.05) is 0 Å². The minimum Gasteiger partial charge on any atom is -0.455 e. The molecule has 2 heteroatoms. The first-order chi connectivity index (χ1) is 9.25. The molecule has 96 valence electrons. The summed E-state index contributed by atoms with van der Waals surface area (Å²) in [7, 11) is 0. The monoisotopic (exact) mass is 252 g/mol. The van der Waals surface area contributed by atoms with Crippen LogP contribution in [0.5, 0.6) is 0 Å². The van der Waals surface area contributed by atoms with E-state index in [4.69, 9.17) is 4.74 Å². The number of carbonyl (C=O) groups excluding carboxylic acids is 1. The third kappa shape index (κ3) is 4.11. The molecule has 2 rings (SSSR count). The molecule has 19 heavy (non-hydrogen) atoms. The lowest BCUT2D eigenvalue weighted by molar-refractivity contribution is 0.0426. The van der Waals surface area contributed by atoms with Gasteiger partial charge in [-0.2, -0.15) is 0 Å². The summed E-state index contributed by atoms with van der Waals surface area (Å²) in [5, 5.41) is 0. The second-order valence-electron chi connectivity index (χ2n) is 4.25. The van der Waals surface area contributed by atoms with Crippen LogP contribution in [0, 0.1) is 0 Å². The van der Waals surface area contributed by atoms with Crippen LogP contribution in [0.4, 0.5) is 0 Å². The van der Waals surface area contributed by atoms with Crippen molar-refractivity contribution in [2.45, 2.75) is 13.0 Å². The highest BCUT2D eigenvalue weighted by Gasteiger charge is 2.08. The van der Waals surface area contributed by atoms with Crippen LogP contribution in [0.15, 0.2) is 66.7 Å². The molecular formula is C17H16O2. The molecule has 0 saturated carbocycles. The van der Waals surface area contributed by atoms with Crippen molar-refractivity contribution in [2.24, 2.45) is 0 Å². The fourth-order valence-electron chi connectivity index (χ4n) is 1.66. The molecule has 0 saturated heterocycles. The van der Waals surface area contributed by atoms with Crippen LogP contribution in [0.25, 0.3) is 6.08 Å². The fraction of sp³-hybridized carbons (Fsp3) is 0.118. The average Bonchev–Trinajstić information content (AvgIpc) is 2.47. The van der Waals surface area contributed by atoms with Gasteiger partial charge in [-0.3, -0.25) is 0 Å². The molecule has 0 radical (unpaired) electrons. The summed E-state index contributed by atoms with van der Waals surface area (Å²) in [5.74, 6) is -0.300. The molecule has 0 aromatic heterocycles. The third-order valence-corrected chi connectivity index (χ3v) is 2.66. The van der Waals surface area contributed by atoms with Crippen LogP contribution in [-0.2, 0) is 4.74 Å². The van der Waals surface area contributed by atoms with Crippen LogP contribution in [0.2, 0.25) is 0 Å². The Kier molecular flexibility index (Phi) is 4.51. The largest absolute Gasteiger partial charge is 0.455 e. The van der Waals surface area contributed by atoms with Crippen LogP contribution < -0.4 is 0 Å². The maximum Gasteiger partial charge on any atom is 0.338 e. The zero-order chi connectivity index (χ0) is 13.5. The van der Waals surface area contributed by atoms with Gasteiger partial charge in [-0.25, -0.2) is 4.79 Å². The Hall–Kier alpha value is -2.35. The van der Waals surface area contributed by atoms with Crippen LogP contribution in [-0.4, -0.2) is 12.1 Å². The van der Waals surface area contributed by atoms with E-state index in [1.165, 1.54) is 0 Å². The van der Waals surface area contributed by atoms with Gasteiger partial charge in [0.25, 0.3) is 0 Å². The zero-order valence-electron chi connectivity index (χ0n) is 10.8. The summed E-state index contributed by atoms with van der Waals surface area (Å²) in [6.45, 7) is 1.85.